The Morgan fingerprint density at radius 1 is 0.975 bits per heavy atom. The predicted molar refractivity (Wildman–Crippen MR) is 150 cm³/mol. The van der Waals surface area contributed by atoms with Gasteiger partial charge < -0.3 is 9.64 Å². The topological polar surface area (TPSA) is 91.8 Å². The van der Waals surface area contributed by atoms with E-state index < -0.39 is 10.0 Å². The van der Waals surface area contributed by atoms with Gasteiger partial charge in [-0.2, -0.15) is 0 Å². The zero-order chi connectivity index (χ0) is 27.9. The lowest BCUT2D eigenvalue weighted by Gasteiger charge is -2.40. The summed E-state index contributed by atoms with van der Waals surface area (Å²) in [5.74, 6) is -0.127. The molecule has 1 saturated carbocycles. The number of nitrogens with one attached hydrogen (secondary N) is 1. The van der Waals surface area contributed by atoms with Crippen molar-refractivity contribution in [1.29, 1.82) is 0 Å². The van der Waals surface area contributed by atoms with Crippen LogP contribution in [0.5, 0.6) is 5.75 Å². The highest BCUT2D eigenvalue weighted by atomic mass is 32.2. The van der Waals surface area contributed by atoms with Gasteiger partial charge in [-0.05, 0) is 54.8 Å². The molecule has 8 nitrogen and oxygen atoms in total. The van der Waals surface area contributed by atoms with Gasteiger partial charge in [0.05, 0.1) is 23.9 Å². The number of amides is 1. The van der Waals surface area contributed by atoms with Crippen LogP contribution < -0.4 is 9.46 Å². The number of benzene rings is 3. The molecule has 6 rings (SSSR count). The molecule has 1 N–H and O–H groups in total. The van der Waals surface area contributed by atoms with Crippen LogP contribution in [-0.4, -0.2) is 62.4 Å². The smallest absolute Gasteiger partial charge is 0.264 e. The Labute approximate surface area is 232 Å². The second-order valence-electron chi connectivity index (χ2n) is 10.2. The molecule has 0 atom stereocenters. The minimum absolute atomic E-state index is 0.0664. The standard InChI is InChI=1S/C30H29FN4O4S/c1-39-26-20-24(33-40(37,38)27-6-2-4-21-5-3-15-32-28(21)27)11-12-25(26)29(36)34-16-18-35(19-17-34)30(13-14-30)22-7-9-23(31)10-8-22/h2-12,15,20,33H,13-14,16-19H2,1H3. The summed E-state index contributed by atoms with van der Waals surface area (Å²) >= 11 is 0. The van der Waals surface area contributed by atoms with Crippen molar-refractivity contribution in [1.82, 2.24) is 14.8 Å². The maximum absolute atomic E-state index is 13.5. The van der Waals surface area contributed by atoms with Crippen LogP contribution in [0, 0.1) is 5.82 Å². The van der Waals surface area contributed by atoms with Crippen LogP contribution in [0.25, 0.3) is 10.9 Å². The SMILES string of the molecule is COc1cc(NS(=O)(=O)c2cccc3cccnc23)ccc1C(=O)N1CCN(C2(c3ccc(F)cc3)CC2)CC1. The first-order valence-corrected chi connectivity index (χ1v) is 14.6. The van der Waals surface area contributed by atoms with Crippen LogP contribution in [0.4, 0.5) is 10.1 Å². The number of rotatable bonds is 7. The number of carbonyl (C=O) groups excluding carboxylic acids is 1. The zero-order valence-corrected chi connectivity index (χ0v) is 22.8. The molecule has 0 spiro atoms. The zero-order valence-electron chi connectivity index (χ0n) is 22.0. The monoisotopic (exact) mass is 560 g/mol. The lowest BCUT2D eigenvalue weighted by molar-refractivity contribution is 0.0528. The summed E-state index contributed by atoms with van der Waals surface area (Å²) in [6, 6.07) is 19.9. The van der Waals surface area contributed by atoms with Gasteiger partial charge in [0, 0.05) is 49.4 Å². The molecule has 0 unspecified atom stereocenters. The number of hydrogen-bond donors (Lipinski definition) is 1. The normalized spacial score (nSPS) is 17.0. The molecule has 40 heavy (non-hydrogen) atoms. The quantitative estimate of drug-likeness (QED) is 0.355. The van der Waals surface area contributed by atoms with Gasteiger partial charge in [-0.15, -0.1) is 0 Å². The molecule has 0 bridgehead atoms. The minimum atomic E-state index is -3.95. The second-order valence-corrected chi connectivity index (χ2v) is 11.8. The highest BCUT2D eigenvalue weighted by Gasteiger charge is 2.50. The fraction of sp³-hybridized carbons (Fsp3) is 0.267. The van der Waals surface area contributed by atoms with Gasteiger partial charge in [0.25, 0.3) is 15.9 Å². The molecular weight excluding hydrogens is 531 g/mol. The van der Waals surface area contributed by atoms with Crippen molar-refractivity contribution in [3.63, 3.8) is 0 Å². The Kier molecular flexibility index (Phi) is 6.67. The summed E-state index contributed by atoms with van der Waals surface area (Å²) in [5.41, 5.74) is 2.07. The molecule has 1 amide bonds. The molecule has 1 aliphatic heterocycles. The molecular formula is C30H29FN4O4S. The van der Waals surface area contributed by atoms with Crippen molar-refractivity contribution in [3.8, 4) is 5.75 Å². The molecule has 2 aliphatic rings. The van der Waals surface area contributed by atoms with Crippen LogP contribution in [0.3, 0.4) is 0 Å². The first-order chi connectivity index (χ1) is 19.3. The van der Waals surface area contributed by atoms with Crippen molar-refractivity contribution in [2.75, 3.05) is 38.0 Å². The van der Waals surface area contributed by atoms with Crippen molar-refractivity contribution >= 4 is 32.5 Å². The third kappa shape index (κ3) is 4.77. The number of ether oxygens (including phenoxy) is 1. The van der Waals surface area contributed by atoms with Crippen LogP contribution in [0.15, 0.2) is 83.9 Å². The lowest BCUT2D eigenvalue weighted by Crippen LogP contribution is -2.52. The number of piperazine rings is 1. The number of sulfonamides is 1. The van der Waals surface area contributed by atoms with E-state index in [4.69, 9.17) is 4.74 Å². The van der Waals surface area contributed by atoms with Gasteiger partial charge in [-0.1, -0.05) is 30.3 Å². The third-order valence-corrected chi connectivity index (χ3v) is 9.26. The van der Waals surface area contributed by atoms with E-state index in [1.54, 1.807) is 47.5 Å². The van der Waals surface area contributed by atoms with Crippen LogP contribution in [0.1, 0.15) is 28.8 Å². The average Bonchev–Trinajstić information content (AvgIpc) is 3.79. The van der Waals surface area contributed by atoms with E-state index in [1.165, 1.54) is 31.4 Å². The Morgan fingerprint density at radius 3 is 2.40 bits per heavy atom. The number of nitrogens with zero attached hydrogens (tertiary/aromatic N) is 3. The number of methoxy groups -OCH3 is 1. The van der Waals surface area contributed by atoms with Gasteiger partial charge in [0.1, 0.15) is 16.5 Å². The Morgan fingerprint density at radius 2 is 1.70 bits per heavy atom. The molecule has 1 saturated heterocycles. The maximum Gasteiger partial charge on any atom is 0.264 e. The summed E-state index contributed by atoms with van der Waals surface area (Å²) in [6.45, 7) is 2.52. The summed E-state index contributed by atoms with van der Waals surface area (Å²) in [4.78, 5) is 22.0. The molecule has 2 heterocycles. The number of carbonyl (C=O) groups is 1. The van der Waals surface area contributed by atoms with Gasteiger partial charge in [-0.25, -0.2) is 12.8 Å². The van der Waals surface area contributed by atoms with Crippen LogP contribution in [0.2, 0.25) is 0 Å². The molecule has 4 aromatic rings. The molecule has 1 aromatic heterocycles. The number of halogens is 1. The van der Waals surface area contributed by atoms with E-state index >= 15 is 0 Å². The van der Waals surface area contributed by atoms with Crippen LogP contribution in [-0.2, 0) is 15.6 Å². The number of hydrogen-bond acceptors (Lipinski definition) is 6. The van der Waals surface area contributed by atoms with Crippen molar-refractivity contribution in [3.05, 3.63) is 95.9 Å². The first-order valence-electron chi connectivity index (χ1n) is 13.2. The second kappa shape index (κ2) is 10.2. The van der Waals surface area contributed by atoms with Crippen LogP contribution >= 0.6 is 0 Å². The minimum Gasteiger partial charge on any atom is -0.496 e. The summed E-state index contributed by atoms with van der Waals surface area (Å²) in [6.07, 6.45) is 3.59. The molecule has 0 radical (unpaired) electrons. The van der Waals surface area contributed by atoms with Crippen molar-refractivity contribution in [2.24, 2.45) is 0 Å². The van der Waals surface area contributed by atoms with Gasteiger partial charge in [0.2, 0.25) is 0 Å². The fourth-order valence-corrected chi connectivity index (χ4v) is 6.84. The first kappa shape index (κ1) is 26.2. The Hall–Kier alpha value is -4.02. The number of para-hydroxylation sites is 1. The van der Waals surface area contributed by atoms with E-state index in [2.05, 4.69) is 14.6 Å². The third-order valence-electron chi connectivity index (χ3n) is 7.85. The average molecular weight is 561 g/mol. The fourth-order valence-electron chi connectivity index (χ4n) is 5.61. The van der Waals surface area contributed by atoms with Gasteiger partial charge >= 0.3 is 0 Å². The molecule has 1 aliphatic carbocycles. The lowest BCUT2D eigenvalue weighted by atomic mass is 10.0. The highest BCUT2D eigenvalue weighted by Crippen LogP contribution is 2.51. The van der Waals surface area contributed by atoms with Crippen molar-refractivity contribution < 1.29 is 22.3 Å². The predicted octanol–water partition coefficient (Wildman–Crippen LogP) is 4.63. The van der Waals surface area contributed by atoms with E-state index in [0.717, 1.165) is 18.4 Å². The number of anilines is 1. The Balaban J connectivity index is 1.16. The Bertz CT molecular complexity index is 1680. The summed E-state index contributed by atoms with van der Waals surface area (Å²) in [7, 11) is -2.49. The number of aromatic nitrogens is 1. The van der Waals surface area contributed by atoms with E-state index in [-0.39, 0.29) is 33.6 Å². The largest absolute Gasteiger partial charge is 0.496 e. The molecule has 3 aromatic carbocycles. The molecule has 206 valence electrons. The number of pyridine rings is 1. The summed E-state index contributed by atoms with van der Waals surface area (Å²) in [5, 5.41) is 0.717. The van der Waals surface area contributed by atoms with Gasteiger partial charge in [-0.3, -0.25) is 19.4 Å². The number of fused-ring (bicyclic) bond motifs is 1. The van der Waals surface area contributed by atoms with Gasteiger partial charge in [0.15, 0.2) is 0 Å². The maximum atomic E-state index is 13.5. The highest BCUT2D eigenvalue weighted by molar-refractivity contribution is 7.93. The van der Waals surface area contributed by atoms with Crippen molar-refractivity contribution in [2.45, 2.75) is 23.3 Å². The van der Waals surface area contributed by atoms with E-state index in [1.807, 2.05) is 12.1 Å². The summed E-state index contributed by atoms with van der Waals surface area (Å²) < 4.78 is 48.0. The molecule has 2 fully saturated rings. The molecule has 10 heteroatoms. The van der Waals surface area contributed by atoms with E-state index in [9.17, 15) is 17.6 Å². The van der Waals surface area contributed by atoms with E-state index in [0.29, 0.717) is 42.6 Å².